The highest BCUT2D eigenvalue weighted by molar-refractivity contribution is 6.12. The van der Waals surface area contributed by atoms with Gasteiger partial charge >= 0.3 is 0 Å². The van der Waals surface area contributed by atoms with E-state index in [1.165, 1.54) is 0 Å². The molecule has 0 aliphatic carbocycles. The van der Waals surface area contributed by atoms with E-state index in [2.05, 4.69) is 0 Å². The van der Waals surface area contributed by atoms with Gasteiger partial charge in [0.1, 0.15) is 11.5 Å². The molecule has 0 spiro atoms. The van der Waals surface area contributed by atoms with Crippen molar-refractivity contribution in [2.75, 3.05) is 38.9 Å². The Hall–Kier alpha value is -2.95. The Kier molecular flexibility index (Phi) is 6.88. The van der Waals surface area contributed by atoms with Crippen molar-refractivity contribution in [3.05, 3.63) is 53.1 Å². The minimum absolute atomic E-state index is 0.0290. The molecule has 0 bridgehead atoms. The number of ketones is 1. The summed E-state index contributed by atoms with van der Waals surface area (Å²) in [5.74, 6) is 1.38. The molecule has 0 saturated carbocycles. The Morgan fingerprint density at radius 3 is 2.41 bits per heavy atom. The molecule has 0 aliphatic rings. The number of anilines is 2. The molecule has 0 unspecified atom stereocenters. The van der Waals surface area contributed by atoms with E-state index in [-0.39, 0.29) is 5.78 Å². The normalized spacial score (nSPS) is 11.2. The number of nitrogens with two attached hydrogens (primary N) is 1. The molecular weight excluding hydrogens is 340 g/mol. The Balaban J connectivity index is 2.46. The third-order valence-corrected chi connectivity index (χ3v) is 4.35. The number of hydrogen-bond donors (Lipinski definition) is 1. The SMILES string of the molecule is CCC/C(=C\c1cc(OC)ccc1OC)C(=O)c1ccc(N(C)C)c(N)c1. The number of Topliss-reactive ketones (excluding diaryl/α,β-unsaturated/α-hetero) is 1. The van der Waals surface area contributed by atoms with Crippen LogP contribution in [0.15, 0.2) is 42.0 Å². The molecule has 2 aromatic rings. The Morgan fingerprint density at radius 2 is 1.85 bits per heavy atom. The number of ether oxygens (including phenoxy) is 2. The van der Waals surface area contributed by atoms with Crippen LogP contribution >= 0.6 is 0 Å². The first-order chi connectivity index (χ1) is 12.9. The average Bonchev–Trinajstić information content (AvgIpc) is 2.66. The summed E-state index contributed by atoms with van der Waals surface area (Å²) >= 11 is 0. The van der Waals surface area contributed by atoms with Gasteiger partial charge in [0, 0.05) is 30.8 Å². The van der Waals surface area contributed by atoms with Crippen LogP contribution in [0.1, 0.15) is 35.7 Å². The zero-order chi connectivity index (χ0) is 20.0. The van der Waals surface area contributed by atoms with Crippen molar-refractivity contribution in [1.82, 2.24) is 0 Å². The molecule has 0 radical (unpaired) electrons. The van der Waals surface area contributed by atoms with Gasteiger partial charge in [-0.15, -0.1) is 0 Å². The molecule has 0 fully saturated rings. The maximum atomic E-state index is 13.1. The fourth-order valence-corrected chi connectivity index (χ4v) is 2.95. The maximum absolute atomic E-state index is 13.1. The Morgan fingerprint density at radius 1 is 1.11 bits per heavy atom. The van der Waals surface area contributed by atoms with Crippen molar-refractivity contribution in [2.45, 2.75) is 19.8 Å². The molecule has 0 aliphatic heterocycles. The number of nitrogen functional groups attached to an aromatic ring is 1. The fraction of sp³-hybridized carbons (Fsp3) is 0.318. The number of benzene rings is 2. The van der Waals surface area contributed by atoms with Gasteiger partial charge < -0.3 is 20.1 Å². The summed E-state index contributed by atoms with van der Waals surface area (Å²) in [7, 11) is 7.07. The fourth-order valence-electron chi connectivity index (χ4n) is 2.95. The number of hydrogen-bond acceptors (Lipinski definition) is 5. The highest BCUT2D eigenvalue weighted by Crippen LogP contribution is 2.29. The van der Waals surface area contributed by atoms with Crippen LogP contribution in [-0.2, 0) is 0 Å². The van der Waals surface area contributed by atoms with Gasteiger partial charge in [0.15, 0.2) is 5.78 Å². The van der Waals surface area contributed by atoms with Crippen LogP contribution in [0.2, 0.25) is 0 Å². The number of methoxy groups -OCH3 is 2. The van der Waals surface area contributed by atoms with E-state index in [1.807, 2.05) is 62.3 Å². The first kappa shape index (κ1) is 20.4. The van der Waals surface area contributed by atoms with Gasteiger partial charge in [0.05, 0.1) is 25.6 Å². The third kappa shape index (κ3) is 4.82. The van der Waals surface area contributed by atoms with Crippen LogP contribution in [-0.4, -0.2) is 34.1 Å². The molecule has 2 N–H and O–H groups in total. The monoisotopic (exact) mass is 368 g/mol. The largest absolute Gasteiger partial charge is 0.497 e. The number of carbonyl (C=O) groups is 1. The minimum Gasteiger partial charge on any atom is -0.497 e. The van der Waals surface area contributed by atoms with Crippen LogP contribution in [0, 0.1) is 0 Å². The minimum atomic E-state index is -0.0290. The van der Waals surface area contributed by atoms with E-state index in [0.29, 0.717) is 34.7 Å². The second-order valence-electron chi connectivity index (χ2n) is 6.52. The molecule has 0 amide bonds. The Bertz CT molecular complexity index is 841. The van der Waals surface area contributed by atoms with Gasteiger partial charge in [-0.2, -0.15) is 0 Å². The molecule has 27 heavy (non-hydrogen) atoms. The van der Waals surface area contributed by atoms with Gasteiger partial charge in [0.25, 0.3) is 0 Å². The number of carbonyl (C=O) groups excluding carboxylic acids is 1. The number of nitrogens with zero attached hydrogens (tertiary/aromatic N) is 1. The topological polar surface area (TPSA) is 64.8 Å². The predicted octanol–water partition coefficient (Wildman–Crippen LogP) is 4.42. The van der Waals surface area contributed by atoms with E-state index < -0.39 is 0 Å². The van der Waals surface area contributed by atoms with E-state index >= 15 is 0 Å². The van der Waals surface area contributed by atoms with Gasteiger partial charge in [-0.1, -0.05) is 13.3 Å². The average molecular weight is 368 g/mol. The quantitative estimate of drug-likeness (QED) is 0.424. The lowest BCUT2D eigenvalue weighted by Crippen LogP contribution is -2.12. The van der Waals surface area contributed by atoms with Gasteiger partial charge in [-0.3, -0.25) is 4.79 Å². The lowest BCUT2D eigenvalue weighted by atomic mass is 9.96. The standard InChI is InChI=1S/C22H28N2O3/c1-6-7-15(12-17-13-18(26-4)9-11-21(17)27-5)22(25)16-8-10-20(24(2)3)19(23)14-16/h8-14H,6-7,23H2,1-5H3/b15-12+. The van der Waals surface area contributed by atoms with E-state index in [1.54, 1.807) is 20.3 Å². The lowest BCUT2D eigenvalue weighted by molar-refractivity contribution is 0.103. The maximum Gasteiger partial charge on any atom is 0.189 e. The van der Waals surface area contributed by atoms with Gasteiger partial charge in [0.2, 0.25) is 0 Å². The lowest BCUT2D eigenvalue weighted by Gasteiger charge is -2.16. The highest BCUT2D eigenvalue weighted by atomic mass is 16.5. The second-order valence-corrected chi connectivity index (χ2v) is 6.52. The van der Waals surface area contributed by atoms with Crippen LogP contribution in [0.25, 0.3) is 6.08 Å². The molecule has 2 aromatic carbocycles. The van der Waals surface area contributed by atoms with Crippen LogP contribution in [0.5, 0.6) is 11.5 Å². The summed E-state index contributed by atoms with van der Waals surface area (Å²) in [4.78, 5) is 15.0. The first-order valence-corrected chi connectivity index (χ1v) is 8.95. The smallest absolute Gasteiger partial charge is 0.189 e. The summed E-state index contributed by atoms with van der Waals surface area (Å²) in [5.41, 5.74) is 9.70. The van der Waals surface area contributed by atoms with Gasteiger partial charge in [-0.25, -0.2) is 0 Å². The number of allylic oxidation sites excluding steroid dienone is 1. The predicted molar refractivity (Wildman–Crippen MR) is 112 cm³/mol. The zero-order valence-corrected chi connectivity index (χ0v) is 16.7. The van der Waals surface area contributed by atoms with Crippen molar-refractivity contribution in [1.29, 1.82) is 0 Å². The molecule has 0 atom stereocenters. The molecule has 144 valence electrons. The van der Waals surface area contributed by atoms with E-state index in [0.717, 1.165) is 17.7 Å². The van der Waals surface area contributed by atoms with Crippen LogP contribution in [0.4, 0.5) is 11.4 Å². The molecule has 0 aromatic heterocycles. The summed E-state index contributed by atoms with van der Waals surface area (Å²) in [5, 5.41) is 0. The van der Waals surface area contributed by atoms with Crippen molar-refractivity contribution < 1.29 is 14.3 Å². The molecule has 0 heterocycles. The van der Waals surface area contributed by atoms with Gasteiger partial charge in [-0.05, 0) is 48.9 Å². The molecule has 2 rings (SSSR count). The van der Waals surface area contributed by atoms with Crippen LogP contribution in [0.3, 0.4) is 0 Å². The molecule has 0 saturated heterocycles. The summed E-state index contributed by atoms with van der Waals surface area (Å²) in [6.45, 7) is 2.05. The van der Waals surface area contributed by atoms with Crippen molar-refractivity contribution >= 4 is 23.2 Å². The molecule has 5 heteroatoms. The molecular formula is C22H28N2O3. The van der Waals surface area contributed by atoms with Crippen molar-refractivity contribution in [2.24, 2.45) is 0 Å². The van der Waals surface area contributed by atoms with Crippen molar-refractivity contribution in [3.8, 4) is 11.5 Å². The van der Waals surface area contributed by atoms with E-state index in [4.69, 9.17) is 15.2 Å². The van der Waals surface area contributed by atoms with Crippen molar-refractivity contribution in [3.63, 3.8) is 0 Å². The van der Waals surface area contributed by atoms with E-state index in [9.17, 15) is 4.79 Å². The second kappa shape index (κ2) is 9.12. The number of rotatable bonds is 8. The molecule has 5 nitrogen and oxygen atoms in total. The summed E-state index contributed by atoms with van der Waals surface area (Å²) in [6, 6.07) is 11.0. The highest BCUT2D eigenvalue weighted by Gasteiger charge is 2.15. The first-order valence-electron chi connectivity index (χ1n) is 8.95. The zero-order valence-electron chi connectivity index (χ0n) is 16.7. The Labute approximate surface area is 161 Å². The summed E-state index contributed by atoms with van der Waals surface area (Å²) < 4.78 is 10.7. The van der Waals surface area contributed by atoms with Crippen LogP contribution < -0.4 is 20.1 Å². The summed E-state index contributed by atoms with van der Waals surface area (Å²) in [6.07, 6.45) is 3.40. The third-order valence-electron chi connectivity index (χ3n) is 4.35.